The lowest BCUT2D eigenvalue weighted by molar-refractivity contribution is -0.115. The molecule has 0 atom stereocenters. The average molecular weight is 336 g/mol. The number of nitrogens with one attached hydrogen (secondary N) is 3. The Labute approximate surface area is 143 Å². The fourth-order valence-corrected chi connectivity index (χ4v) is 2.91. The number of carbonyl (C=O) groups is 2. The molecular weight excluding hydrogens is 324 g/mol. The summed E-state index contributed by atoms with van der Waals surface area (Å²) in [7, 11) is 0. The molecule has 6 nitrogen and oxygen atoms in total. The third-order valence-electron chi connectivity index (χ3n) is 3.92. The van der Waals surface area contributed by atoms with Crippen molar-refractivity contribution in [3.8, 4) is 11.1 Å². The van der Waals surface area contributed by atoms with Gasteiger partial charge in [-0.2, -0.15) is 0 Å². The standard InChI is InChI=1S/C17H12N4O2S/c22-15-13-4-2-9(5-11(13)8-19-15)10-1-3-12(18-7-10)6-14-16(23)21-17(24)20-14/h1-7H,8H2,(H,19,22)(H2,20,21,23,24)/b14-6-. The van der Waals surface area contributed by atoms with Gasteiger partial charge in [0.25, 0.3) is 11.8 Å². The lowest BCUT2D eigenvalue weighted by atomic mass is 10.0. The molecule has 2 aliphatic rings. The summed E-state index contributed by atoms with van der Waals surface area (Å²) in [5.41, 5.74) is 4.68. The van der Waals surface area contributed by atoms with Crippen molar-refractivity contribution in [1.29, 1.82) is 0 Å². The van der Waals surface area contributed by atoms with E-state index in [2.05, 4.69) is 20.9 Å². The van der Waals surface area contributed by atoms with Gasteiger partial charge >= 0.3 is 0 Å². The normalized spacial score (nSPS) is 17.5. The Bertz CT molecular complexity index is 919. The zero-order chi connectivity index (χ0) is 16.7. The number of pyridine rings is 1. The molecule has 1 saturated heterocycles. The molecular formula is C17H12N4O2S. The summed E-state index contributed by atoms with van der Waals surface area (Å²) >= 11 is 4.89. The Hall–Kier alpha value is -3.06. The van der Waals surface area contributed by atoms with E-state index in [0.717, 1.165) is 22.3 Å². The van der Waals surface area contributed by atoms with Crippen molar-refractivity contribution in [1.82, 2.24) is 20.9 Å². The van der Waals surface area contributed by atoms with Crippen LogP contribution in [0.2, 0.25) is 0 Å². The summed E-state index contributed by atoms with van der Waals surface area (Å²) in [5.74, 6) is -0.293. The van der Waals surface area contributed by atoms with Gasteiger partial charge in [-0.15, -0.1) is 0 Å². The van der Waals surface area contributed by atoms with Gasteiger partial charge in [0.2, 0.25) is 0 Å². The Morgan fingerprint density at radius 2 is 1.88 bits per heavy atom. The average Bonchev–Trinajstić information content (AvgIpc) is 3.10. The molecule has 3 N–H and O–H groups in total. The summed E-state index contributed by atoms with van der Waals surface area (Å²) in [4.78, 5) is 27.6. The maximum atomic E-state index is 11.6. The van der Waals surface area contributed by atoms with E-state index in [1.807, 2.05) is 30.3 Å². The highest BCUT2D eigenvalue weighted by Crippen LogP contribution is 2.25. The van der Waals surface area contributed by atoms with Crippen molar-refractivity contribution >= 4 is 35.2 Å². The minimum Gasteiger partial charge on any atom is -0.348 e. The summed E-state index contributed by atoms with van der Waals surface area (Å²) < 4.78 is 0. The smallest absolute Gasteiger partial charge is 0.273 e. The quantitative estimate of drug-likeness (QED) is 0.569. The van der Waals surface area contributed by atoms with Crippen LogP contribution < -0.4 is 16.0 Å². The number of amides is 2. The van der Waals surface area contributed by atoms with Crippen LogP contribution in [-0.2, 0) is 11.3 Å². The van der Waals surface area contributed by atoms with Gasteiger partial charge in [0.05, 0.1) is 5.69 Å². The van der Waals surface area contributed by atoms with Crippen LogP contribution in [0.15, 0.2) is 42.2 Å². The molecule has 0 unspecified atom stereocenters. The lowest BCUT2D eigenvalue weighted by Gasteiger charge is -2.04. The molecule has 24 heavy (non-hydrogen) atoms. The molecule has 1 aromatic carbocycles. The number of benzene rings is 1. The SMILES string of the molecule is O=C1NC(=S)N/C1=C\c1ccc(-c2ccc3c(c2)CNC3=O)cn1. The number of nitrogens with zero attached hydrogens (tertiary/aromatic N) is 1. The van der Waals surface area contributed by atoms with Gasteiger partial charge in [0, 0.05) is 23.9 Å². The van der Waals surface area contributed by atoms with Crippen LogP contribution in [0, 0.1) is 0 Å². The second kappa shape index (κ2) is 5.54. The first-order chi connectivity index (χ1) is 11.6. The minimum atomic E-state index is -0.262. The fraction of sp³-hybridized carbons (Fsp3) is 0.0588. The van der Waals surface area contributed by atoms with Gasteiger partial charge in [0.1, 0.15) is 5.70 Å². The van der Waals surface area contributed by atoms with E-state index >= 15 is 0 Å². The first-order valence-electron chi connectivity index (χ1n) is 7.32. The molecule has 1 fully saturated rings. The van der Waals surface area contributed by atoms with E-state index < -0.39 is 0 Å². The number of hydrogen-bond donors (Lipinski definition) is 3. The number of carbonyl (C=O) groups excluding carboxylic acids is 2. The van der Waals surface area contributed by atoms with E-state index in [1.54, 1.807) is 12.3 Å². The highest BCUT2D eigenvalue weighted by atomic mass is 32.1. The molecule has 0 spiro atoms. The van der Waals surface area contributed by atoms with Crippen LogP contribution in [0.3, 0.4) is 0 Å². The first-order valence-corrected chi connectivity index (χ1v) is 7.72. The predicted molar refractivity (Wildman–Crippen MR) is 92.7 cm³/mol. The van der Waals surface area contributed by atoms with Crippen molar-refractivity contribution in [2.45, 2.75) is 6.54 Å². The van der Waals surface area contributed by atoms with Gasteiger partial charge < -0.3 is 10.6 Å². The number of thiocarbonyl (C=S) groups is 1. The van der Waals surface area contributed by atoms with Crippen LogP contribution in [0.4, 0.5) is 0 Å². The van der Waals surface area contributed by atoms with Crippen LogP contribution in [0.25, 0.3) is 17.2 Å². The summed E-state index contributed by atoms with van der Waals surface area (Å²) in [6.45, 7) is 0.556. The molecule has 2 aliphatic heterocycles. The molecule has 3 heterocycles. The van der Waals surface area contributed by atoms with Gasteiger partial charge in [-0.3, -0.25) is 19.9 Å². The van der Waals surface area contributed by atoms with Crippen LogP contribution in [0.1, 0.15) is 21.6 Å². The molecule has 4 rings (SSSR count). The van der Waals surface area contributed by atoms with Gasteiger partial charge in [-0.25, -0.2) is 0 Å². The summed E-state index contributed by atoms with van der Waals surface area (Å²) in [5, 5.41) is 8.39. The molecule has 0 saturated carbocycles. The van der Waals surface area contributed by atoms with Crippen molar-refractivity contribution in [3.05, 3.63) is 59.0 Å². The maximum absolute atomic E-state index is 11.6. The van der Waals surface area contributed by atoms with Crippen molar-refractivity contribution in [3.63, 3.8) is 0 Å². The Kier molecular flexibility index (Phi) is 3.35. The largest absolute Gasteiger partial charge is 0.348 e. The van der Waals surface area contributed by atoms with Crippen molar-refractivity contribution in [2.24, 2.45) is 0 Å². The van der Waals surface area contributed by atoms with Gasteiger partial charge in [-0.05, 0) is 47.6 Å². The molecule has 2 aromatic rings. The van der Waals surface area contributed by atoms with Crippen LogP contribution >= 0.6 is 12.2 Å². The highest BCUT2D eigenvalue weighted by Gasteiger charge is 2.20. The molecule has 2 amide bonds. The second-order valence-corrected chi connectivity index (χ2v) is 5.90. The number of hydrogen-bond acceptors (Lipinski definition) is 4. The monoisotopic (exact) mass is 336 g/mol. The molecule has 0 radical (unpaired) electrons. The first kappa shape index (κ1) is 14.5. The Morgan fingerprint density at radius 3 is 2.58 bits per heavy atom. The van der Waals surface area contributed by atoms with E-state index in [4.69, 9.17) is 12.2 Å². The van der Waals surface area contributed by atoms with Crippen molar-refractivity contribution in [2.75, 3.05) is 0 Å². The molecule has 7 heteroatoms. The minimum absolute atomic E-state index is 0.0306. The topological polar surface area (TPSA) is 83.1 Å². The molecule has 0 aliphatic carbocycles. The fourth-order valence-electron chi connectivity index (χ4n) is 2.70. The number of fused-ring (bicyclic) bond motifs is 1. The molecule has 0 bridgehead atoms. The third-order valence-corrected chi connectivity index (χ3v) is 4.13. The highest BCUT2D eigenvalue weighted by molar-refractivity contribution is 7.80. The Morgan fingerprint density at radius 1 is 1.04 bits per heavy atom. The zero-order valence-electron chi connectivity index (χ0n) is 12.4. The number of rotatable bonds is 2. The van der Waals surface area contributed by atoms with Crippen molar-refractivity contribution < 1.29 is 9.59 Å². The second-order valence-electron chi connectivity index (χ2n) is 5.49. The summed E-state index contributed by atoms with van der Waals surface area (Å²) in [6, 6.07) is 9.48. The number of aromatic nitrogens is 1. The molecule has 1 aromatic heterocycles. The van der Waals surface area contributed by atoms with E-state index in [1.165, 1.54) is 0 Å². The summed E-state index contributed by atoms with van der Waals surface area (Å²) in [6.07, 6.45) is 3.38. The van der Waals surface area contributed by atoms with E-state index in [0.29, 0.717) is 23.0 Å². The Balaban J connectivity index is 1.61. The zero-order valence-corrected chi connectivity index (χ0v) is 13.2. The van der Waals surface area contributed by atoms with Gasteiger partial charge in [-0.1, -0.05) is 12.1 Å². The lowest BCUT2D eigenvalue weighted by Crippen LogP contribution is -2.21. The van der Waals surface area contributed by atoms with Crippen LogP contribution in [0.5, 0.6) is 0 Å². The van der Waals surface area contributed by atoms with E-state index in [9.17, 15) is 9.59 Å². The van der Waals surface area contributed by atoms with Gasteiger partial charge in [0.15, 0.2) is 5.11 Å². The predicted octanol–water partition coefficient (Wildman–Crippen LogP) is 1.34. The van der Waals surface area contributed by atoms with Crippen LogP contribution in [-0.4, -0.2) is 21.9 Å². The van der Waals surface area contributed by atoms with E-state index in [-0.39, 0.29) is 11.8 Å². The third kappa shape index (κ3) is 2.55. The maximum Gasteiger partial charge on any atom is 0.273 e. The molecule has 118 valence electrons.